The summed E-state index contributed by atoms with van der Waals surface area (Å²) in [4.78, 5) is 10.4. The maximum Gasteiger partial charge on any atom is 0.152 e. The van der Waals surface area contributed by atoms with E-state index < -0.39 is 0 Å². The van der Waals surface area contributed by atoms with Crippen LogP contribution in [0.1, 0.15) is 10.4 Å². The molecule has 0 saturated heterocycles. The summed E-state index contributed by atoms with van der Waals surface area (Å²) >= 11 is 5.38. The molecule has 1 rings (SSSR count). The number of nitrogen functional groups attached to an aromatic ring is 1. The van der Waals surface area contributed by atoms with E-state index in [1.54, 1.807) is 6.07 Å². The van der Waals surface area contributed by atoms with E-state index in [0.717, 1.165) is 14.3 Å². The largest absolute Gasteiger partial charge is 0.397 e. The number of carbonyl (C=O) groups is 1. The van der Waals surface area contributed by atoms with Crippen LogP contribution in [0, 0.1) is 3.57 Å². The standard InChI is InChI=1S/C7H5BrINO/c8-6-2-5(9)1-4(3-11)7(6)10/h1-3H,10H2. The molecule has 0 aliphatic heterocycles. The molecule has 0 aromatic heterocycles. The van der Waals surface area contributed by atoms with Crippen LogP contribution in [0.5, 0.6) is 0 Å². The van der Waals surface area contributed by atoms with E-state index in [4.69, 9.17) is 5.73 Å². The van der Waals surface area contributed by atoms with Gasteiger partial charge in [-0.25, -0.2) is 0 Å². The summed E-state index contributed by atoms with van der Waals surface area (Å²) in [5.74, 6) is 0. The van der Waals surface area contributed by atoms with Gasteiger partial charge in [0.05, 0.1) is 5.69 Å². The molecule has 0 aliphatic carbocycles. The zero-order valence-electron chi connectivity index (χ0n) is 5.47. The van der Waals surface area contributed by atoms with Crippen LogP contribution in [-0.2, 0) is 0 Å². The third-order valence-corrected chi connectivity index (χ3v) is 2.53. The van der Waals surface area contributed by atoms with Gasteiger partial charge in [-0.3, -0.25) is 4.79 Å². The molecule has 1 aromatic rings. The molecule has 0 aliphatic rings. The number of nitrogens with two attached hydrogens (primary N) is 1. The van der Waals surface area contributed by atoms with Gasteiger partial charge in [0.2, 0.25) is 0 Å². The summed E-state index contributed by atoms with van der Waals surface area (Å²) in [5.41, 5.74) is 6.61. The quantitative estimate of drug-likeness (QED) is 0.489. The molecule has 2 nitrogen and oxygen atoms in total. The number of hydrogen-bond acceptors (Lipinski definition) is 2. The maximum atomic E-state index is 10.4. The van der Waals surface area contributed by atoms with Gasteiger partial charge >= 0.3 is 0 Å². The first-order valence-electron chi connectivity index (χ1n) is 2.85. The lowest BCUT2D eigenvalue weighted by Gasteiger charge is -2.01. The molecule has 0 bridgehead atoms. The van der Waals surface area contributed by atoms with Gasteiger partial charge < -0.3 is 5.73 Å². The van der Waals surface area contributed by atoms with Crippen molar-refractivity contribution in [2.24, 2.45) is 0 Å². The highest BCUT2D eigenvalue weighted by atomic mass is 127. The first-order valence-corrected chi connectivity index (χ1v) is 4.72. The average Bonchev–Trinajstić information content (AvgIpc) is 1.96. The lowest BCUT2D eigenvalue weighted by atomic mass is 10.2. The predicted octanol–water partition coefficient (Wildman–Crippen LogP) is 2.45. The van der Waals surface area contributed by atoms with Crippen LogP contribution in [0.15, 0.2) is 16.6 Å². The Labute approximate surface area is 86.4 Å². The summed E-state index contributed by atoms with van der Waals surface area (Å²) in [5, 5.41) is 0. The van der Waals surface area contributed by atoms with Crippen LogP contribution in [0.3, 0.4) is 0 Å². The number of anilines is 1. The number of rotatable bonds is 1. The van der Waals surface area contributed by atoms with E-state index in [1.165, 1.54) is 0 Å². The van der Waals surface area contributed by atoms with Crippen molar-refractivity contribution in [1.82, 2.24) is 0 Å². The van der Waals surface area contributed by atoms with E-state index >= 15 is 0 Å². The molecule has 0 amide bonds. The van der Waals surface area contributed by atoms with Gasteiger partial charge in [0, 0.05) is 13.6 Å². The van der Waals surface area contributed by atoms with Gasteiger partial charge in [-0.2, -0.15) is 0 Å². The Kier molecular flexibility index (Phi) is 2.89. The summed E-state index contributed by atoms with van der Waals surface area (Å²) in [6, 6.07) is 3.61. The first-order chi connectivity index (χ1) is 5.15. The molecule has 0 spiro atoms. The molecular formula is C7H5BrINO. The van der Waals surface area contributed by atoms with Crippen molar-refractivity contribution >= 4 is 50.5 Å². The highest BCUT2D eigenvalue weighted by molar-refractivity contribution is 14.1. The normalized spacial score (nSPS) is 9.64. The van der Waals surface area contributed by atoms with E-state index in [0.29, 0.717) is 11.3 Å². The first kappa shape index (κ1) is 8.99. The highest BCUT2D eigenvalue weighted by Gasteiger charge is 2.02. The second-order valence-electron chi connectivity index (χ2n) is 2.01. The number of benzene rings is 1. The Morgan fingerprint density at radius 1 is 1.55 bits per heavy atom. The van der Waals surface area contributed by atoms with E-state index in [2.05, 4.69) is 38.5 Å². The molecule has 2 N–H and O–H groups in total. The minimum absolute atomic E-state index is 0.500. The minimum Gasteiger partial charge on any atom is -0.397 e. The van der Waals surface area contributed by atoms with Crippen molar-refractivity contribution in [2.75, 3.05) is 5.73 Å². The Bertz CT molecular complexity index is 301. The monoisotopic (exact) mass is 325 g/mol. The molecule has 4 heteroatoms. The third kappa shape index (κ3) is 1.93. The van der Waals surface area contributed by atoms with Crippen molar-refractivity contribution in [1.29, 1.82) is 0 Å². The molecule has 11 heavy (non-hydrogen) atoms. The summed E-state index contributed by atoms with van der Waals surface area (Å²) in [7, 11) is 0. The Morgan fingerprint density at radius 3 is 2.73 bits per heavy atom. The summed E-state index contributed by atoms with van der Waals surface area (Å²) in [6.45, 7) is 0. The average molecular weight is 326 g/mol. The zero-order chi connectivity index (χ0) is 8.43. The zero-order valence-corrected chi connectivity index (χ0v) is 9.22. The Hall–Kier alpha value is -0.100. The maximum absolute atomic E-state index is 10.4. The molecule has 0 saturated carbocycles. The summed E-state index contributed by atoms with van der Waals surface area (Å²) < 4.78 is 1.76. The number of hydrogen-bond donors (Lipinski definition) is 1. The van der Waals surface area contributed by atoms with Gasteiger partial charge in [0.25, 0.3) is 0 Å². The highest BCUT2D eigenvalue weighted by Crippen LogP contribution is 2.24. The van der Waals surface area contributed by atoms with Crippen molar-refractivity contribution in [3.05, 3.63) is 25.7 Å². The lowest BCUT2D eigenvalue weighted by Crippen LogP contribution is -1.94. The second-order valence-corrected chi connectivity index (χ2v) is 4.11. The van der Waals surface area contributed by atoms with Crippen molar-refractivity contribution in [2.45, 2.75) is 0 Å². The van der Waals surface area contributed by atoms with Crippen LogP contribution < -0.4 is 5.73 Å². The van der Waals surface area contributed by atoms with E-state index in [-0.39, 0.29) is 0 Å². The lowest BCUT2D eigenvalue weighted by molar-refractivity contribution is 0.112. The molecule has 0 atom stereocenters. The molecular weight excluding hydrogens is 321 g/mol. The molecule has 0 heterocycles. The van der Waals surface area contributed by atoms with Crippen LogP contribution in [0.4, 0.5) is 5.69 Å². The number of aldehydes is 1. The fourth-order valence-electron chi connectivity index (χ4n) is 0.702. The molecule has 0 unspecified atom stereocenters. The Morgan fingerprint density at radius 2 is 2.18 bits per heavy atom. The Balaban J connectivity index is 3.35. The van der Waals surface area contributed by atoms with Gasteiger partial charge in [-0.1, -0.05) is 0 Å². The van der Waals surface area contributed by atoms with E-state index in [9.17, 15) is 4.79 Å². The van der Waals surface area contributed by atoms with Crippen LogP contribution in [0.25, 0.3) is 0 Å². The fourth-order valence-corrected chi connectivity index (χ4v) is 2.25. The molecule has 58 valence electrons. The van der Waals surface area contributed by atoms with Crippen molar-refractivity contribution in [3.63, 3.8) is 0 Å². The second kappa shape index (κ2) is 3.53. The van der Waals surface area contributed by atoms with Gasteiger partial charge in [-0.05, 0) is 50.7 Å². The molecule has 0 fully saturated rings. The van der Waals surface area contributed by atoms with Gasteiger partial charge in [-0.15, -0.1) is 0 Å². The third-order valence-electron chi connectivity index (χ3n) is 1.25. The smallest absolute Gasteiger partial charge is 0.152 e. The van der Waals surface area contributed by atoms with E-state index in [1.807, 2.05) is 6.07 Å². The fraction of sp³-hybridized carbons (Fsp3) is 0. The molecule has 1 aromatic carbocycles. The van der Waals surface area contributed by atoms with Crippen molar-refractivity contribution in [3.8, 4) is 0 Å². The van der Waals surface area contributed by atoms with Crippen LogP contribution in [-0.4, -0.2) is 6.29 Å². The van der Waals surface area contributed by atoms with Crippen molar-refractivity contribution < 1.29 is 4.79 Å². The summed E-state index contributed by atoms with van der Waals surface area (Å²) in [6.07, 6.45) is 0.752. The number of halogens is 2. The molecule has 0 radical (unpaired) electrons. The van der Waals surface area contributed by atoms with Crippen LogP contribution >= 0.6 is 38.5 Å². The minimum atomic E-state index is 0.500. The topological polar surface area (TPSA) is 43.1 Å². The SMILES string of the molecule is Nc1c(Br)cc(I)cc1C=O. The van der Waals surface area contributed by atoms with Crippen LogP contribution in [0.2, 0.25) is 0 Å². The predicted molar refractivity (Wildman–Crippen MR) is 56.7 cm³/mol. The van der Waals surface area contributed by atoms with Gasteiger partial charge in [0.1, 0.15) is 0 Å². The number of carbonyl (C=O) groups excluding carboxylic acids is 1. The van der Waals surface area contributed by atoms with Gasteiger partial charge in [0.15, 0.2) is 6.29 Å².